The van der Waals surface area contributed by atoms with Crippen molar-refractivity contribution in [1.29, 1.82) is 0 Å². The van der Waals surface area contributed by atoms with Gasteiger partial charge in [-0.3, -0.25) is 0 Å². The maximum absolute atomic E-state index is 12.3. The maximum Gasteiger partial charge on any atom is 0.243 e. The van der Waals surface area contributed by atoms with Crippen molar-refractivity contribution in [1.82, 2.24) is 4.31 Å². The van der Waals surface area contributed by atoms with Gasteiger partial charge < -0.3 is 0 Å². The van der Waals surface area contributed by atoms with Crippen LogP contribution in [0.1, 0.15) is 6.42 Å². The van der Waals surface area contributed by atoms with Crippen LogP contribution in [0.4, 0.5) is 0 Å². The van der Waals surface area contributed by atoms with Crippen LogP contribution in [0.25, 0.3) is 0 Å². The summed E-state index contributed by atoms with van der Waals surface area (Å²) in [5.74, 6) is 0. The predicted octanol–water partition coefficient (Wildman–Crippen LogP) is 2.61. The van der Waals surface area contributed by atoms with Crippen LogP contribution in [0.5, 0.6) is 0 Å². The molecule has 1 fully saturated rings. The largest absolute Gasteiger partial charge is 0.243 e. The zero-order valence-corrected chi connectivity index (χ0v) is 13.1. The van der Waals surface area contributed by atoms with Crippen LogP contribution >= 0.6 is 31.9 Å². The number of hydrogen-bond donors (Lipinski definition) is 0. The van der Waals surface area contributed by atoms with Gasteiger partial charge in [0.25, 0.3) is 0 Å². The van der Waals surface area contributed by atoms with E-state index >= 15 is 0 Å². The molecule has 17 heavy (non-hydrogen) atoms. The molecule has 2 unspecified atom stereocenters. The van der Waals surface area contributed by atoms with Gasteiger partial charge in [0.05, 0.1) is 4.90 Å². The summed E-state index contributed by atoms with van der Waals surface area (Å²) in [6.07, 6.45) is 0.821. The van der Waals surface area contributed by atoms with Gasteiger partial charge in [0, 0.05) is 22.7 Å². The van der Waals surface area contributed by atoms with Gasteiger partial charge in [0.15, 0.2) is 0 Å². The zero-order chi connectivity index (χ0) is 12.5. The fourth-order valence-corrected chi connectivity index (χ4v) is 4.49. The Bertz CT molecular complexity index is 478. The molecule has 94 valence electrons. The zero-order valence-electron chi connectivity index (χ0n) is 9.09. The molecule has 0 aliphatic carbocycles. The number of rotatable bonds is 2. The summed E-state index contributed by atoms with van der Waals surface area (Å²) in [5, 5.41) is 0. The maximum atomic E-state index is 12.3. The number of nitrogens with zero attached hydrogens (tertiary/aromatic N) is 1. The van der Waals surface area contributed by atoms with Crippen LogP contribution in [-0.2, 0) is 10.0 Å². The molecule has 0 bridgehead atoms. The summed E-state index contributed by atoms with van der Waals surface area (Å²) in [6, 6.07) is 8.58. The molecule has 0 spiro atoms. The Morgan fingerprint density at radius 2 is 1.76 bits per heavy atom. The topological polar surface area (TPSA) is 37.4 Å². The molecule has 1 aliphatic rings. The van der Waals surface area contributed by atoms with Crippen LogP contribution in [0, 0.1) is 0 Å². The fourth-order valence-electron chi connectivity index (χ4n) is 1.81. The van der Waals surface area contributed by atoms with Crippen molar-refractivity contribution in [3.63, 3.8) is 0 Å². The fraction of sp³-hybridized carbons (Fsp3) is 0.455. The lowest BCUT2D eigenvalue weighted by molar-refractivity contribution is 0.363. The van der Waals surface area contributed by atoms with E-state index in [-0.39, 0.29) is 4.83 Å². The third-order valence-electron chi connectivity index (χ3n) is 2.81. The number of piperidine rings is 1. The highest BCUT2D eigenvalue weighted by Gasteiger charge is 2.33. The normalized spacial score (nSPS) is 26.9. The van der Waals surface area contributed by atoms with Gasteiger partial charge in [-0.1, -0.05) is 50.1 Å². The second-order valence-corrected chi connectivity index (χ2v) is 8.29. The number of halogens is 2. The second kappa shape index (κ2) is 5.38. The van der Waals surface area contributed by atoms with Crippen LogP contribution in [0.2, 0.25) is 0 Å². The number of sulfonamides is 1. The molecule has 1 aromatic rings. The van der Waals surface area contributed by atoms with E-state index in [4.69, 9.17) is 0 Å². The van der Waals surface area contributed by atoms with Gasteiger partial charge in [-0.05, 0) is 18.6 Å². The Hall–Kier alpha value is 0.0900. The lowest BCUT2D eigenvalue weighted by Gasteiger charge is -2.32. The molecule has 6 heteroatoms. The molecular weight excluding hydrogens is 370 g/mol. The molecule has 1 heterocycles. The lowest BCUT2D eigenvalue weighted by Crippen LogP contribution is -2.44. The average Bonchev–Trinajstić information content (AvgIpc) is 2.33. The summed E-state index contributed by atoms with van der Waals surface area (Å²) < 4.78 is 26.2. The van der Waals surface area contributed by atoms with Crippen molar-refractivity contribution in [2.75, 3.05) is 13.1 Å². The number of benzene rings is 1. The summed E-state index contributed by atoms with van der Waals surface area (Å²) in [6.45, 7) is 1.07. The molecule has 0 aromatic heterocycles. The van der Waals surface area contributed by atoms with Crippen molar-refractivity contribution in [2.45, 2.75) is 21.0 Å². The Morgan fingerprint density at radius 1 is 1.12 bits per heavy atom. The molecule has 1 aromatic carbocycles. The van der Waals surface area contributed by atoms with E-state index in [0.29, 0.717) is 22.8 Å². The van der Waals surface area contributed by atoms with E-state index in [9.17, 15) is 8.42 Å². The van der Waals surface area contributed by atoms with Crippen molar-refractivity contribution in [3.8, 4) is 0 Å². The van der Waals surface area contributed by atoms with Crippen LogP contribution in [-0.4, -0.2) is 35.5 Å². The first-order chi connectivity index (χ1) is 8.01. The molecule has 0 amide bonds. The van der Waals surface area contributed by atoms with Crippen molar-refractivity contribution in [2.24, 2.45) is 0 Å². The third-order valence-corrected chi connectivity index (χ3v) is 7.42. The smallest absolute Gasteiger partial charge is 0.207 e. The Kier molecular flexibility index (Phi) is 4.28. The standard InChI is InChI=1S/C11H13Br2NO2S/c12-10-6-7-14(8-11(10)13)17(15,16)9-4-2-1-3-5-9/h1-5,10-11H,6-8H2. The van der Waals surface area contributed by atoms with Crippen LogP contribution in [0.15, 0.2) is 35.2 Å². The minimum Gasteiger partial charge on any atom is -0.207 e. The van der Waals surface area contributed by atoms with E-state index in [2.05, 4.69) is 31.9 Å². The Morgan fingerprint density at radius 3 is 2.35 bits per heavy atom. The molecule has 2 rings (SSSR count). The van der Waals surface area contributed by atoms with Crippen molar-refractivity contribution >= 4 is 41.9 Å². The lowest BCUT2D eigenvalue weighted by atomic mass is 10.2. The van der Waals surface area contributed by atoms with Crippen molar-refractivity contribution in [3.05, 3.63) is 30.3 Å². The average molecular weight is 383 g/mol. The summed E-state index contributed by atoms with van der Waals surface area (Å²) >= 11 is 7.04. The SMILES string of the molecule is O=S(=O)(c1ccccc1)N1CCC(Br)C(Br)C1. The van der Waals surface area contributed by atoms with E-state index in [1.165, 1.54) is 0 Å². The Balaban J connectivity index is 2.23. The minimum absolute atomic E-state index is 0.162. The molecular formula is C11H13Br2NO2S. The highest BCUT2D eigenvalue weighted by Crippen LogP contribution is 2.27. The number of hydrogen-bond acceptors (Lipinski definition) is 2. The van der Waals surface area contributed by atoms with E-state index in [0.717, 1.165) is 6.42 Å². The number of alkyl halides is 2. The first-order valence-electron chi connectivity index (χ1n) is 5.35. The predicted molar refractivity (Wildman–Crippen MR) is 75.2 cm³/mol. The minimum atomic E-state index is -3.34. The van der Waals surface area contributed by atoms with Gasteiger partial charge in [0.1, 0.15) is 0 Å². The van der Waals surface area contributed by atoms with Gasteiger partial charge in [0.2, 0.25) is 10.0 Å². The third kappa shape index (κ3) is 2.92. The van der Waals surface area contributed by atoms with Gasteiger partial charge in [-0.25, -0.2) is 8.42 Å². The van der Waals surface area contributed by atoms with E-state index < -0.39 is 10.0 Å². The first kappa shape index (κ1) is 13.5. The van der Waals surface area contributed by atoms with E-state index in [1.807, 2.05) is 6.07 Å². The highest BCUT2D eigenvalue weighted by atomic mass is 79.9. The van der Waals surface area contributed by atoms with Gasteiger partial charge in [-0.15, -0.1) is 0 Å². The van der Waals surface area contributed by atoms with Crippen molar-refractivity contribution < 1.29 is 8.42 Å². The molecule has 0 saturated carbocycles. The van der Waals surface area contributed by atoms with E-state index in [1.54, 1.807) is 28.6 Å². The molecule has 1 aliphatic heterocycles. The van der Waals surface area contributed by atoms with Gasteiger partial charge in [-0.2, -0.15) is 4.31 Å². The van der Waals surface area contributed by atoms with Crippen LogP contribution in [0.3, 0.4) is 0 Å². The van der Waals surface area contributed by atoms with Crippen LogP contribution < -0.4 is 0 Å². The second-order valence-electron chi connectivity index (χ2n) is 4.00. The summed E-state index contributed by atoms with van der Waals surface area (Å²) in [5.41, 5.74) is 0. The molecule has 0 N–H and O–H groups in total. The molecule has 3 nitrogen and oxygen atoms in total. The van der Waals surface area contributed by atoms with Gasteiger partial charge >= 0.3 is 0 Å². The summed E-state index contributed by atoms with van der Waals surface area (Å²) in [7, 11) is -3.34. The highest BCUT2D eigenvalue weighted by molar-refractivity contribution is 9.12. The molecule has 2 atom stereocenters. The first-order valence-corrected chi connectivity index (χ1v) is 8.62. The quantitative estimate of drug-likeness (QED) is 0.737. The summed E-state index contributed by atoms with van der Waals surface area (Å²) in [4.78, 5) is 0.868. The monoisotopic (exact) mass is 381 g/mol. The Labute approximate surface area is 119 Å². The molecule has 0 radical (unpaired) electrons. The molecule has 1 saturated heterocycles.